The van der Waals surface area contributed by atoms with Gasteiger partial charge in [0.25, 0.3) is 0 Å². The molecule has 0 radical (unpaired) electrons. The van der Waals surface area contributed by atoms with Crippen molar-refractivity contribution < 1.29 is 9.90 Å². The number of aromatic hydroxyl groups is 1. The van der Waals surface area contributed by atoms with Gasteiger partial charge in [0, 0.05) is 37.1 Å². The maximum absolute atomic E-state index is 11.1. The number of carbonyl (C=O) groups is 1. The Hall–Kier alpha value is -3.34. The third-order valence-corrected chi connectivity index (χ3v) is 3.68. The minimum Gasteiger partial charge on any atom is -0.508 e. The van der Waals surface area contributed by atoms with Gasteiger partial charge in [-0.1, -0.05) is 24.3 Å². The van der Waals surface area contributed by atoms with Gasteiger partial charge in [-0.3, -0.25) is 9.78 Å². The number of benzene rings is 2. The van der Waals surface area contributed by atoms with Crippen molar-refractivity contribution >= 4 is 17.3 Å². The van der Waals surface area contributed by atoms with Gasteiger partial charge in [-0.25, -0.2) is 0 Å². The second-order valence-electron chi connectivity index (χ2n) is 5.74. The first-order valence-electron chi connectivity index (χ1n) is 7.95. The summed E-state index contributed by atoms with van der Waals surface area (Å²) in [6.45, 7) is 2.08. The molecule has 5 heteroatoms. The molecule has 0 unspecified atom stereocenters. The lowest BCUT2D eigenvalue weighted by molar-refractivity contribution is -0.114. The molecule has 5 nitrogen and oxygen atoms in total. The Kier molecular flexibility index (Phi) is 4.95. The normalized spacial score (nSPS) is 10.3. The number of amides is 1. The van der Waals surface area contributed by atoms with Crippen molar-refractivity contribution in [2.45, 2.75) is 13.5 Å². The van der Waals surface area contributed by atoms with E-state index in [9.17, 15) is 9.90 Å². The number of phenols is 1. The van der Waals surface area contributed by atoms with E-state index in [1.807, 2.05) is 42.5 Å². The fourth-order valence-electron chi connectivity index (χ4n) is 2.51. The van der Waals surface area contributed by atoms with Gasteiger partial charge in [0.15, 0.2) is 0 Å². The number of carbonyl (C=O) groups excluding carboxylic acids is 1. The van der Waals surface area contributed by atoms with Gasteiger partial charge in [-0.2, -0.15) is 0 Å². The molecular weight excluding hydrogens is 314 g/mol. The van der Waals surface area contributed by atoms with E-state index in [0.29, 0.717) is 6.54 Å². The molecule has 3 aromatic rings. The first kappa shape index (κ1) is 16.5. The zero-order chi connectivity index (χ0) is 17.6. The molecule has 3 rings (SSSR count). The van der Waals surface area contributed by atoms with Crippen LogP contribution in [0.1, 0.15) is 12.5 Å². The Morgan fingerprint density at radius 3 is 2.52 bits per heavy atom. The van der Waals surface area contributed by atoms with E-state index in [4.69, 9.17) is 0 Å². The summed E-state index contributed by atoms with van der Waals surface area (Å²) >= 11 is 0. The number of hydrogen-bond donors (Lipinski definition) is 3. The van der Waals surface area contributed by atoms with Crippen LogP contribution >= 0.6 is 0 Å². The van der Waals surface area contributed by atoms with Gasteiger partial charge in [-0.05, 0) is 41.5 Å². The van der Waals surface area contributed by atoms with Crippen molar-refractivity contribution in [1.82, 2.24) is 4.98 Å². The van der Waals surface area contributed by atoms with E-state index >= 15 is 0 Å². The van der Waals surface area contributed by atoms with Gasteiger partial charge in [-0.15, -0.1) is 0 Å². The Bertz CT molecular complexity index is 876. The lowest BCUT2D eigenvalue weighted by atomic mass is 10.1. The number of nitrogens with zero attached hydrogens (tertiary/aromatic N) is 1. The van der Waals surface area contributed by atoms with Crippen molar-refractivity contribution in [2.75, 3.05) is 10.6 Å². The van der Waals surface area contributed by atoms with Crippen LogP contribution in [0.2, 0.25) is 0 Å². The summed E-state index contributed by atoms with van der Waals surface area (Å²) in [4.78, 5) is 15.4. The highest BCUT2D eigenvalue weighted by atomic mass is 16.3. The lowest BCUT2D eigenvalue weighted by Crippen LogP contribution is -2.05. The first-order chi connectivity index (χ1) is 12.1. The molecule has 0 aliphatic carbocycles. The van der Waals surface area contributed by atoms with Crippen LogP contribution in [0.5, 0.6) is 5.75 Å². The lowest BCUT2D eigenvalue weighted by Gasteiger charge is -2.09. The average molecular weight is 333 g/mol. The highest BCUT2D eigenvalue weighted by Crippen LogP contribution is 2.23. The number of pyridine rings is 1. The molecule has 0 aliphatic heterocycles. The van der Waals surface area contributed by atoms with Crippen LogP contribution in [0.25, 0.3) is 11.1 Å². The summed E-state index contributed by atoms with van der Waals surface area (Å²) in [6.07, 6.45) is 3.56. The van der Waals surface area contributed by atoms with Gasteiger partial charge in [0.2, 0.25) is 5.91 Å². The Labute approximate surface area is 146 Å². The van der Waals surface area contributed by atoms with Gasteiger partial charge >= 0.3 is 0 Å². The molecule has 1 aromatic heterocycles. The predicted molar refractivity (Wildman–Crippen MR) is 99.4 cm³/mol. The predicted octanol–water partition coefficient (Wildman–Crippen LogP) is 4.02. The van der Waals surface area contributed by atoms with Crippen molar-refractivity contribution in [3.05, 3.63) is 72.6 Å². The minimum absolute atomic E-state index is 0.0902. The topological polar surface area (TPSA) is 74.2 Å². The zero-order valence-corrected chi connectivity index (χ0v) is 13.9. The molecule has 1 amide bonds. The zero-order valence-electron chi connectivity index (χ0n) is 13.9. The van der Waals surface area contributed by atoms with Gasteiger partial charge in [0.05, 0.1) is 5.69 Å². The van der Waals surface area contributed by atoms with E-state index in [2.05, 4.69) is 15.6 Å². The standard InChI is InChI=1S/C20H19N3O2/c1-14(24)23-18-7-5-16(6-8-18)17-10-19(13-21-12-17)22-11-15-3-2-4-20(25)9-15/h2-10,12-13,22,25H,11H2,1H3,(H,23,24). The molecule has 1 heterocycles. The van der Waals surface area contributed by atoms with Crippen LogP contribution in [-0.2, 0) is 11.3 Å². The number of rotatable bonds is 5. The van der Waals surface area contributed by atoms with Crippen LogP contribution in [0.15, 0.2) is 67.0 Å². The summed E-state index contributed by atoms with van der Waals surface area (Å²) < 4.78 is 0. The number of phenolic OH excluding ortho intramolecular Hbond substituents is 1. The van der Waals surface area contributed by atoms with Crippen molar-refractivity contribution in [2.24, 2.45) is 0 Å². The fourth-order valence-corrected chi connectivity index (χ4v) is 2.51. The second-order valence-corrected chi connectivity index (χ2v) is 5.74. The molecule has 0 saturated carbocycles. The third-order valence-electron chi connectivity index (χ3n) is 3.68. The van der Waals surface area contributed by atoms with Crippen LogP contribution in [0, 0.1) is 0 Å². The molecule has 0 aliphatic rings. The summed E-state index contributed by atoms with van der Waals surface area (Å²) in [5.41, 5.74) is 4.65. The Morgan fingerprint density at radius 2 is 1.80 bits per heavy atom. The first-order valence-corrected chi connectivity index (χ1v) is 7.95. The largest absolute Gasteiger partial charge is 0.508 e. The SMILES string of the molecule is CC(=O)Nc1ccc(-c2cncc(NCc3cccc(O)c3)c2)cc1. The van der Waals surface area contributed by atoms with Gasteiger partial charge < -0.3 is 15.7 Å². The third kappa shape index (κ3) is 4.57. The van der Waals surface area contributed by atoms with Crippen molar-refractivity contribution in [3.8, 4) is 16.9 Å². The quantitative estimate of drug-likeness (QED) is 0.659. The van der Waals surface area contributed by atoms with Crippen LogP contribution < -0.4 is 10.6 Å². The van der Waals surface area contributed by atoms with Crippen molar-refractivity contribution in [1.29, 1.82) is 0 Å². The van der Waals surface area contributed by atoms with Crippen LogP contribution in [-0.4, -0.2) is 16.0 Å². The molecule has 0 fully saturated rings. The van der Waals surface area contributed by atoms with E-state index in [-0.39, 0.29) is 11.7 Å². The molecule has 0 bridgehead atoms. The minimum atomic E-state index is -0.0902. The molecule has 0 atom stereocenters. The molecule has 126 valence electrons. The van der Waals surface area contributed by atoms with E-state index < -0.39 is 0 Å². The highest BCUT2D eigenvalue weighted by Gasteiger charge is 2.02. The number of hydrogen-bond acceptors (Lipinski definition) is 4. The molecule has 0 saturated heterocycles. The number of anilines is 2. The Balaban J connectivity index is 1.71. The number of nitrogens with one attached hydrogen (secondary N) is 2. The van der Waals surface area contributed by atoms with Crippen LogP contribution in [0.3, 0.4) is 0 Å². The molecular formula is C20H19N3O2. The maximum Gasteiger partial charge on any atom is 0.221 e. The number of aromatic nitrogens is 1. The summed E-state index contributed by atoms with van der Waals surface area (Å²) in [7, 11) is 0. The van der Waals surface area contributed by atoms with E-state index in [1.165, 1.54) is 6.92 Å². The molecule has 25 heavy (non-hydrogen) atoms. The molecule has 3 N–H and O–H groups in total. The average Bonchev–Trinajstić information content (AvgIpc) is 2.60. The maximum atomic E-state index is 11.1. The smallest absolute Gasteiger partial charge is 0.221 e. The Morgan fingerprint density at radius 1 is 1.00 bits per heavy atom. The fraction of sp³-hybridized carbons (Fsp3) is 0.100. The summed E-state index contributed by atoms with van der Waals surface area (Å²) in [6, 6.07) is 16.8. The monoisotopic (exact) mass is 333 g/mol. The molecule has 0 spiro atoms. The molecule has 2 aromatic carbocycles. The van der Waals surface area contributed by atoms with Crippen molar-refractivity contribution in [3.63, 3.8) is 0 Å². The van der Waals surface area contributed by atoms with E-state index in [0.717, 1.165) is 28.1 Å². The summed E-state index contributed by atoms with van der Waals surface area (Å²) in [5.74, 6) is 0.165. The summed E-state index contributed by atoms with van der Waals surface area (Å²) in [5, 5.41) is 15.6. The van der Waals surface area contributed by atoms with Crippen LogP contribution in [0.4, 0.5) is 11.4 Å². The highest BCUT2D eigenvalue weighted by molar-refractivity contribution is 5.89. The van der Waals surface area contributed by atoms with Gasteiger partial charge in [0.1, 0.15) is 5.75 Å². The van der Waals surface area contributed by atoms with E-state index in [1.54, 1.807) is 24.5 Å². The second kappa shape index (κ2) is 7.49.